The maximum Gasteiger partial charge on any atom is 0.240 e. The van der Waals surface area contributed by atoms with Crippen LogP contribution in [0.4, 0.5) is 10.1 Å². The molecule has 3 N–H and O–H groups in total. The van der Waals surface area contributed by atoms with Gasteiger partial charge in [0.25, 0.3) is 0 Å². The van der Waals surface area contributed by atoms with Crippen molar-refractivity contribution >= 4 is 51.5 Å². The van der Waals surface area contributed by atoms with E-state index in [9.17, 15) is 14.0 Å². The number of carbonyl (C=O) groups excluding carboxylic acids is 2. The minimum atomic E-state index is -0.627. The van der Waals surface area contributed by atoms with Crippen molar-refractivity contribution in [1.82, 2.24) is 10.3 Å². The largest absolute Gasteiger partial charge is 0.354 e. The second kappa shape index (κ2) is 9.94. The molecule has 1 aliphatic rings. The Morgan fingerprint density at radius 1 is 1.03 bits per heavy atom. The first kappa shape index (κ1) is 22.5. The molecule has 1 saturated heterocycles. The number of hydrogen-bond acceptors (Lipinski definition) is 5. The molecule has 1 unspecified atom stereocenters. The van der Waals surface area contributed by atoms with Gasteiger partial charge in [0.1, 0.15) is 11.1 Å². The second-order valence-corrected chi connectivity index (χ2v) is 9.02. The van der Waals surface area contributed by atoms with E-state index in [4.69, 9.17) is 0 Å². The van der Waals surface area contributed by atoms with Crippen molar-refractivity contribution in [2.45, 2.75) is 11.7 Å². The van der Waals surface area contributed by atoms with Crippen LogP contribution in [0, 0.1) is 5.82 Å². The number of benzene rings is 3. The number of amidine groups is 1. The number of thioether (sulfide) groups is 1. The highest BCUT2D eigenvalue weighted by atomic mass is 32.2. The molecule has 9 heteroatoms. The molecule has 0 saturated carbocycles. The standard InChI is InChI=1S/C26H20FN5O2S/c27-17-10-12-18(13-11-17)29-23(33)14-22-25(34)31-26(35-22)32-28-15-20-19-8-4-5-9-21(19)30-24(20)16-6-2-1-3-7-16/h1-13,15,22,30H,14H2,(H,29,33)(H,31,32,34)/b28-15+. The van der Waals surface area contributed by atoms with Gasteiger partial charge in [-0.25, -0.2) is 4.39 Å². The number of carbonyl (C=O) groups is 2. The number of rotatable bonds is 6. The van der Waals surface area contributed by atoms with Crippen molar-refractivity contribution in [3.05, 3.63) is 90.2 Å². The number of para-hydroxylation sites is 1. The highest BCUT2D eigenvalue weighted by molar-refractivity contribution is 8.15. The van der Waals surface area contributed by atoms with E-state index >= 15 is 0 Å². The van der Waals surface area contributed by atoms with Gasteiger partial charge in [0.2, 0.25) is 11.8 Å². The molecule has 1 aliphatic heterocycles. The number of hydrogen-bond donors (Lipinski definition) is 3. The van der Waals surface area contributed by atoms with Crippen molar-refractivity contribution in [1.29, 1.82) is 0 Å². The average Bonchev–Trinajstić information content (AvgIpc) is 3.41. The molecule has 174 valence electrons. The number of anilines is 1. The topological polar surface area (TPSA) is 98.7 Å². The summed E-state index contributed by atoms with van der Waals surface area (Å²) in [7, 11) is 0. The summed E-state index contributed by atoms with van der Waals surface area (Å²) < 4.78 is 13.0. The first-order valence-corrected chi connectivity index (χ1v) is 11.7. The van der Waals surface area contributed by atoms with Gasteiger partial charge in [-0.05, 0) is 35.9 Å². The van der Waals surface area contributed by atoms with Crippen LogP contribution in [0.2, 0.25) is 0 Å². The van der Waals surface area contributed by atoms with E-state index in [0.29, 0.717) is 10.9 Å². The minimum absolute atomic E-state index is 0.0444. The van der Waals surface area contributed by atoms with Gasteiger partial charge in [-0.15, -0.1) is 5.10 Å². The van der Waals surface area contributed by atoms with E-state index < -0.39 is 11.1 Å². The van der Waals surface area contributed by atoms with Gasteiger partial charge in [0, 0.05) is 28.6 Å². The summed E-state index contributed by atoms with van der Waals surface area (Å²) in [6.45, 7) is 0. The Bertz CT molecular complexity index is 1450. The highest BCUT2D eigenvalue weighted by Gasteiger charge is 2.32. The molecule has 1 aromatic heterocycles. The molecule has 0 bridgehead atoms. The van der Waals surface area contributed by atoms with E-state index in [1.54, 1.807) is 6.21 Å². The summed E-state index contributed by atoms with van der Waals surface area (Å²) in [6.07, 6.45) is 1.62. The van der Waals surface area contributed by atoms with E-state index in [1.165, 1.54) is 24.3 Å². The lowest BCUT2D eigenvalue weighted by atomic mass is 10.1. The lowest BCUT2D eigenvalue weighted by Gasteiger charge is -2.07. The van der Waals surface area contributed by atoms with Gasteiger partial charge in [-0.2, -0.15) is 5.10 Å². The predicted octanol–water partition coefficient (Wildman–Crippen LogP) is 4.92. The molecule has 5 rings (SSSR count). The summed E-state index contributed by atoms with van der Waals surface area (Å²) in [5.74, 6) is -1.05. The highest BCUT2D eigenvalue weighted by Crippen LogP contribution is 2.29. The van der Waals surface area contributed by atoms with Crippen molar-refractivity contribution in [3.8, 4) is 11.3 Å². The van der Waals surface area contributed by atoms with Crippen LogP contribution in [-0.4, -0.2) is 33.4 Å². The summed E-state index contributed by atoms with van der Waals surface area (Å²) in [6, 6.07) is 23.3. The smallest absolute Gasteiger partial charge is 0.240 e. The first-order chi connectivity index (χ1) is 17.1. The van der Waals surface area contributed by atoms with Crippen LogP contribution in [0.3, 0.4) is 0 Å². The third-order valence-electron chi connectivity index (χ3n) is 5.42. The van der Waals surface area contributed by atoms with E-state index in [2.05, 4.69) is 25.8 Å². The Morgan fingerprint density at radius 2 is 1.77 bits per heavy atom. The number of nitrogens with zero attached hydrogens (tertiary/aromatic N) is 2. The van der Waals surface area contributed by atoms with Gasteiger partial charge in [-0.1, -0.05) is 60.3 Å². The summed E-state index contributed by atoms with van der Waals surface area (Å²) >= 11 is 1.15. The molecule has 0 spiro atoms. The van der Waals surface area contributed by atoms with E-state index in [-0.39, 0.29) is 18.2 Å². The average molecular weight is 486 g/mol. The molecule has 1 fully saturated rings. The Morgan fingerprint density at radius 3 is 2.57 bits per heavy atom. The Labute approximate surface area is 204 Å². The zero-order valence-electron chi connectivity index (χ0n) is 18.4. The molecular formula is C26H20FN5O2S. The number of halogens is 1. The van der Waals surface area contributed by atoms with Gasteiger partial charge < -0.3 is 15.6 Å². The third-order valence-corrected chi connectivity index (χ3v) is 6.49. The lowest BCUT2D eigenvalue weighted by molar-refractivity contribution is -0.122. The van der Waals surface area contributed by atoms with Crippen LogP contribution in [0.25, 0.3) is 22.2 Å². The summed E-state index contributed by atoms with van der Waals surface area (Å²) in [4.78, 5) is 28.1. The SMILES string of the molecule is O=C(CC1S/C(=N/N=C/c2c(-c3ccccc3)[nH]c3ccccc23)NC1=O)Nc1ccc(F)cc1. The number of nitrogens with one attached hydrogen (secondary N) is 3. The predicted molar refractivity (Wildman–Crippen MR) is 138 cm³/mol. The monoisotopic (exact) mass is 485 g/mol. The number of fused-ring (bicyclic) bond motifs is 1. The fourth-order valence-electron chi connectivity index (χ4n) is 3.77. The molecule has 0 radical (unpaired) electrons. The maximum absolute atomic E-state index is 13.0. The van der Waals surface area contributed by atoms with Gasteiger partial charge in [0.05, 0.1) is 11.9 Å². The molecule has 0 aliphatic carbocycles. The molecule has 1 atom stereocenters. The Kier molecular flexibility index (Phi) is 6.40. The number of H-pyrrole nitrogens is 1. The van der Waals surface area contributed by atoms with Gasteiger partial charge in [0.15, 0.2) is 5.17 Å². The first-order valence-electron chi connectivity index (χ1n) is 10.9. The fraction of sp³-hybridized carbons (Fsp3) is 0.0769. The summed E-state index contributed by atoms with van der Waals surface area (Å²) in [5, 5.41) is 14.4. The molecule has 2 amide bonds. The molecule has 35 heavy (non-hydrogen) atoms. The van der Waals surface area contributed by atoms with E-state index in [1.807, 2.05) is 54.6 Å². The van der Waals surface area contributed by atoms with Crippen LogP contribution in [-0.2, 0) is 9.59 Å². The van der Waals surface area contributed by atoms with Crippen LogP contribution in [0.15, 0.2) is 89.1 Å². The van der Waals surface area contributed by atoms with Crippen LogP contribution in [0.5, 0.6) is 0 Å². The second-order valence-electron chi connectivity index (χ2n) is 7.83. The van der Waals surface area contributed by atoms with Crippen LogP contribution in [0.1, 0.15) is 12.0 Å². The number of amides is 2. The van der Waals surface area contributed by atoms with Crippen molar-refractivity contribution in [3.63, 3.8) is 0 Å². The maximum atomic E-state index is 13.0. The molecule has 7 nitrogen and oxygen atoms in total. The zero-order chi connectivity index (χ0) is 24.2. The Balaban J connectivity index is 1.30. The number of aromatic nitrogens is 1. The van der Waals surface area contributed by atoms with Crippen LogP contribution >= 0.6 is 11.8 Å². The Hall–Kier alpha value is -4.24. The molecule has 4 aromatic rings. The van der Waals surface area contributed by atoms with Crippen LogP contribution < -0.4 is 10.6 Å². The zero-order valence-corrected chi connectivity index (χ0v) is 19.2. The van der Waals surface area contributed by atoms with Gasteiger partial charge in [-0.3, -0.25) is 9.59 Å². The number of aromatic amines is 1. The lowest BCUT2D eigenvalue weighted by Crippen LogP contribution is -2.28. The fourth-order valence-corrected chi connectivity index (χ4v) is 4.69. The van der Waals surface area contributed by atoms with Gasteiger partial charge >= 0.3 is 0 Å². The minimum Gasteiger partial charge on any atom is -0.354 e. The molecule has 2 heterocycles. The molecule has 3 aromatic carbocycles. The third kappa shape index (κ3) is 5.15. The normalized spacial score (nSPS) is 16.8. The van der Waals surface area contributed by atoms with Crippen molar-refractivity contribution in [2.24, 2.45) is 10.2 Å². The quantitative estimate of drug-likeness (QED) is 0.267. The van der Waals surface area contributed by atoms with Crippen molar-refractivity contribution < 1.29 is 14.0 Å². The van der Waals surface area contributed by atoms with Crippen molar-refractivity contribution in [2.75, 3.05) is 5.32 Å². The van der Waals surface area contributed by atoms with E-state index in [0.717, 1.165) is 39.5 Å². The summed E-state index contributed by atoms with van der Waals surface area (Å²) in [5.41, 5.74) is 4.28. The molecular weight excluding hydrogens is 465 g/mol.